The molecule has 0 N–H and O–H groups in total. The second-order valence-corrected chi connectivity index (χ2v) is 6.39. The minimum Gasteiger partial charge on any atom is -0.462 e. The highest BCUT2D eigenvalue weighted by Crippen LogP contribution is 2.27. The van der Waals surface area contributed by atoms with Crippen molar-refractivity contribution in [3.63, 3.8) is 0 Å². The first-order valence-corrected chi connectivity index (χ1v) is 9.10. The van der Waals surface area contributed by atoms with E-state index in [0.29, 0.717) is 12.2 Å². The Bertz CT molecular complexity index is 890. The van der Waals surface area contributed by atoms with Crippen LogP contribution in [0.3, 0.4) is 0 Å². The van der Waals surface area contributed by atoms with Crippen molar-refractivity contribution in [2.24, 2.45) is 0 Å². The molecule has 2 heteroatoms. The Morgan fingerprint density at radius 3 is 1.81 bits per heavy atom. The zero-order valence-corrected chi connectivity index (χ0v) is 15.6. The Morgan fingerprint density at radius 2 is 1.27 bits per heavy atom. The average Bonchev–Trinajstić information content (AvgIpc) is 2.68. The van der Waals surface area contributed by atoms with Crippen LogP contribution in [0.2, 0.25) is 0 Å². The average molecular weight is 344 g/mol. The summed E-state index contributed by atoms with van der Waals surface area (Å²) in [7, 11) is 0. The van der Waals surface area contributed by atoms with Crippen molar-refractivity contribution in [2.75, 3.05) is 6.61 Å². The molecule has 0 aliphatic carbocycles. The van der Waals surface area contributed by atoms with Crippen LogP contribution < -0.4 is 0 Å². The lowest BCUT2D eigenvalue weighted by molar-refractivity contribution is 0.0525. The van der Waals surface area contributed by atoms with E-state index in [2.05, 4.69) is 61.5 Å². The van der Waals surface area contributed by atoms with Crippen molar-refractivity contribution in [1.82, 2.24) is 0 Å². The Morgan fingerprint density at radius 1 is 0.769 bits per heavy atom. The molecule has 0 bridgehead atoms. The summed E-state index contributed by atoms with van der Waals surface area (Å²) in [6, 6.07) is 23.0. The van der Waals surface area contributed by atoms with E-state index in [-0.39, 0.29) is 5.97 Å². The molecular weight excluding hydrogens is 320 g/mol. The Hall–Kier alpha value is -2.87. The third-order valence-corrected chi connectivity index (χ3v) is 4.59. The Balaban J connectivity index is 1.92. The summed E-state index contributed by atoms with van der Waals surface area (Å²) in [5.41, 5.74) is 7.45. The highest BCUT2D eigenvalue weighted by atomic mass is 16.5. The normalized spacial score (nSPS) is 10.6. The number of hydrogen-bond acceptors (Lipinski definition) is 2. The summed E-state index contributed by atoms with van der Waals surface area (Å²) >= 11 is 0. The van der Waals surface area contributed by atoms with E-state index in [1.165, 1.54) is 16.7 Å². The molecule has 0 fully saturated rings. The number of carbonyl (C=O) groups is 1. The second kappa shape index (κ2) is 8.01. The SMILES string of the molecule is CCOC(=O)c1cc(-c2ccc(-c3ccc(C)cc3)cc2)ccc1CC. The fraction of sp³-hybridized carbons (Fsp3) is 0.208. The van der Waals surface area contributed by atoms with Gasteiger partial charge in [-0.15, -0.1) is 0 Å². The molecule has 0 amide bonds. The maximum atomic E-state index is 12.3. The molecule has 2 nitrogen and oxygen atoms in total. The van der Waals surface area contributed by atoms with E-state index in [4.69, 9.17) is 4.74 Å². The van der Waals surface area contributed by atoms with Crippen molar-refractivity contribution in [1.29, 1.82) is 0 Å². The van der Waals surface area contributed by atoms with Crippen LogP contribution in [-0.4, -0.2) is 12.6 Å². The van der Waals surface area contributed by atoms with Gasteiger partial charge < -0.3 is 4.74 Å². The fourth-order valence-corrected chi connectivity index (χ4v) is 3.06. The summed E-state index contributed by atoms with van der Waals surface area (Å²) in [6.45, 7) is 6.36. The van der Waals surface area contributed by atoms with E-state index in [1.807, 2.05) is 26.0 Å². The monoisotopic (exact) mass is 344 g/mol. The largest absolute Gasteiger partial charge is 0.462 e. The quantitative estimate of drug-likeness (QED) is 0.525. The number of ether oxygens (including phenoxy) is 1. The summed E-state index contributed by atoms with van der Waals surface area (Å²) in [5.74, 6) is -0.248. The van der Waals surface area contributed by atoms with Gasteiger partial charge in [0, 0.05) is 0 Å². The molecular formula is C24H24O2. The van der Waals surface area contributed by atoms with Gasteiger partial charge in [-0.05, 0) is 54.2 Å². The third kappa shape index (κ3) is 3.85. The fourth-order valence-electron chi connectivity index (χ4n) is 3.06. The molecule has 0 heterocycles. The van der Waals surface area contributed by atoms with Crippen LogP contribution >= 0.6 is 0 Å². The van der Waals surface area contributed by atoms with Gasteiger partial charge in [0.05, 0.1) is 12.2 Å². The van der Waals surface area contributed by atoms with Crippen LogP contribution in [0, 0.1) is 6.92 Å². The molecule has 0 saturated carbocycles. The maximum Gasteiger partial charge on any atom is 0.338 e. The van der Waals surface area contributed by atoms with Crippen molar-refractivity contribution >= 4 is 5.97 Å². The molecule has 3 aromatic rings. The molecule has 26 heavy (non-hydrogen) atoms. The standard InChI is InChI=1S/C24H24O2/c1-4-18-10-15-22(16-23(18)24(25)26-5-2)21-13-11-20(12-14-21)19-8-6-17(3)7-9-19/h6-16H,4-5H2,1-3H3. The lowest BCUT2D eigenvalue weighted by Crippen LogP contribution is -2.08. The zero-order valence-electron chi connectivity index (χ0n) is 15.6. The van der Waals surface area contributed by atoms with Gasteiger partial charge in [-0.25, -0.2) is 4.79 Å². The van der Waals surface area contributed by atoms with Crippen LogP contribution in [0.1, 0.15) is 35.3 Å². The lowest BCUT2D eigenvalue weighted by atomic mass is 9.96. The smallest absolute Gasteiger partial charge is 0.338 e. The lowest BCUT2D eigenvalue weighted by Gasteiger charge is -2.11. The van der Waals surface area contributed by atoms with Crippen molar-refractivity contribution in [2.45, 2.75) is 27.2 Å². The number of hydrogen-bond donors (Lipinski definition) is 0. The predicted octanol–water partition coefficient (Wildman–Crippen LogP) is 6.07. The first kappa shape index (κ1) is 17.9. The van der Waals surface area contributed by atoms with E-state index in [0.717, 1.165) is 23.1 Å². The number of rotatable bonds is 5. The van der Waals surface area contributed by atoms with Gasteiger partial charge in [0.25, 0.3) is 0 Å². The van der Waals surface area contributed by atoms with Gasteiger partial charge in [-0.3, -0.25) is 0 Å². The third-order valence-electron chi connectivity index (χ3n) is 4.59. The van der Waals surface area contributed by atoms with Crippen molar-refractivity contribution in [3.05, 3.63) is 83.4 Å². The second-order valence-electron chi connectivity index (χ2n) is 6.39. The van der Waals surface area contributed by atoms with Gasteiger partial charge in [0.1, 0.15) is 0 Å². The molecule has 0 aliphatic rings. The van der Waals surface area contributed by atoms with Crippen LogP contribution in [0.15, 0.2) is 66.7 Å². The topological polar surface area (TPSA) is 26.3 Å². The summed E-state index contributed by atoms with van der Waals surface area (Å²) in [6.07, 6.45) is 0.806. The van der Waals surface area contributed by atoms with E-state index < -0.39 is 0 Å². The highest BCUT2D eigenvalue weighted by molar-refractivity contribution is 5.93. The molecule has 0 aromatic heterocycles. The minimum absolute atomic E-state index is 0.248. The number of esters is 1. The van der Waals surface area contributed by atoms with Gasteiger partial charge in [0.15, 0.2) is 0 Å². The highest BCUT2D eigenvalue weighted by Gasteiger charge is 2.13. The molecule has 0 radical (unpaired) electrons. The van der Waals surface area contributed by atoms with Crippen LogP contribution in [0.25, 0.3) is 22.3 Å². The molecule has 0 aliphatic heterocycles. The van der Waals surface area contributed by atoms with Crippen LogP contribution in [0.5, 0.6) is 0 Å². The first-order chi connectivity index (χ1) is 12.6. The van der Waals surface area contributed by atoms with Crippen molar-refractivity contribution < 1.29 is 9.53 Å². The van der Waals surface area contributed by atoms with Gasteiger partial charge in [-0.1, -0.05) is 73.2 Å². The Labute approximate surface area is 155 Å². The minimum atomic E-state index is -0.248. The number of carbonyl (C=O) groups excluding carboxylic acids is 1. The van der Waals surface area contributed by atoms with E-state index in [9.17, 15) is 4.79 Å². The summed E-state index contributed by atoms with van der Waals surface area (Å²) in [4.78, 5) is 12.3. The van der Waals surface area contributed by atoms with Gasteiger partial charge >= 0.3 is 5.97 Å². The molecule has 0 saturated heterocycles. The molecule has 132 valence electrons. The van der Waals surface area contributed by atoms with Crippen LogP contribution in [0.4, 0.5) is 0 Å². The summed E-state index contributed by atoms with van der Waals surface area (Å²) < 4.78 is 5.21. The zero-order chi connectivity index (χ0) is 18.5. The molecule has 0 unspecified atom stereocenters. The maximum absolute atomic E-state index is 12.3. The van der Waals surface area contributed by atoms with E-state index in [1.54, 1.807) is 0 Å². The van der Waals surface area contributed by atoms with Crippen LogP contribution in [-0.2, 0) is 11.2 Å². The molecule has 0 atom stereocenters. The molecule has 3 rings (SSSR count). The predicted molar refractivity (Wildman–Crippen MR) is 107 cm³/mol. The summed E-state index contributed by atoms with van der Waals surface area (Å²) in [5, 5.41) is 0. The van der Waals surface area contributed by atoms with E-state index >= 15 is 0 Å². The van der Waals surface area contributed by atoms with Crippen molar-refractivity contribution in [3.8, 4) is 22.3 Å². The first-order valence-electron chi connectivity index (χ1n) is 9.10. The number of aryl methyl sites for hydroxylation is 2. The number of benzene rings is 3. The molecule has 3 aromatic carbocycles. The van der Waals surface area contributed by atoms with Gasteiger partial charge in [0.2, 0.25) is 0 Å². The van der Waals surface area contributed by atoms with Gasteiger partial charge in [-0.2, -0.15) is 0 Å². The Kier molecular flexibility index (Phi) is 5.52. The molecule has 0 spiro atoms.